The number of halogens is 3. The predicted molar refractivity (Wildman–Crippen MR) is 143 cm³/mol. The van der Waals surface area contributed by atoms with Crippen LogP contribution in [0, 0.1) is 5.92 Å². The Bertz CT molecular complexity index is 1440. The number of carbonyl (C=O) groups excluding carboxylic acids is 1. The summed E-state index contributed by atoms with van der Waals surface area (Å²) in [5.74, 6) is -3.20. The van der Waals surface area contributed by atoms with Crippen LogP contribution in [0.2, 0.25) is 0 Å². The summed E-state index contributed by atoms with van der Waals surface area (Å²) in [6.45, 7) is 3.77. The number of benzene rings is 1. The molecule has 1 aliphatic rings. The van der Waals surface area contributed by atoms with Crippen molar-refractivity contribution in [2.45, 2.75) is 57.5 Å². The number of aliphatic hydroxyl groups excluding tert-OH is 1. The summed E-state index contributed by atoms with van der Waals surface area (Å²) >= 11 is 0. The molecule has 3 aromatic rings. The topological polar surface area (TPSA) is 185 Å². The Morgan fingerprint density at radius 1 is 1.24 bits per heavy atom. The minimum Gasteiger partial charge on any atom is -0.462 e. The fourth-order valence-electron chi connectivity index (χ4n) is 4.28. The number of nitrogens with zero attached hydrogens (tertiary/aromatic N) is 4. The van der Waals surface area contributed by atoms with Crippen molar-refractivity contribution in [2.24, 2.45) is 5.92 Å². The number of esters is 1. The van der Waals surface area contributed by atoms with Crippen molar-refractivity contribution in [3.05, 3.63) is 36.7 Å². The highest BCUT2D eigenvalue weighted by Gasteiger charge is 2.58. The van der Waals surface area contributed by atoms with Crippen LogP contribution >= 0.6 is 7.75 Å². The third kappa shape index (κ3) is 6.93. The van der Waals surface area contributed by atoms with Gasteiger partial charge in [0.05, 0.1) is 25.1 Å². The molecule has 0 saturated carbocycles. The fraction of sp³-hybridized carbons (Fsp3) is 0.500. The SMILES string of the molecule is CNc1nc(N)nc2c1ncn2[C@@H]1O[C@H](COP(=O)(N[C@H](C)C(=O)OC(C)C)Oc2ccccc2)[C@@H](O)[C@@H]1C(F)(F)F. The molecule has 0 aliphatic carbocycles. The van der Waals surface area contributed by atoms with E-state index in [4.69, 9.17) is 24.3 Å². The van der Waals surface area contributed by atoms with Crippen LogP contribution in [-0.2, 0) is 23.4 Å². The molecule has 1 aliphatic heterocycles. The molecule has 18 heteroatoms. The van der Waals surface area contributed by atoms with Crippen LogP contribution in [0.5, 0.6) is 5.75 Å². The molecule has 42 heavy (non-hydrogen) atoms. The van der Waals surface area contributed by atoms with Gasteiger partial charge in [0.1, 0.15) is 23.8 Å². The van der Waals surface area contributed by atoms with E-state index in [9.17, 15) is 27.6 Å². The largest absolute Gasteiger partial charge is 0.462 e. The smallest absolute Gasteiger partial charge is 0.459 e. The summed E-state index contributed by atoms with van der Waals surface area (Å²) < 4.78 is 79.2. The molecule has 3 heterocycles. The van der Waals surface area contributed by atoms with Gasteiger partial charge in [0.15, 0.2) is 23.2 Å². The van der Waals surface area contributed by atoms with Gasteiger partial charge in [-0.25, -0.2) is 9.55 Å². The quantitative estimate of drug-likeness (QED) is 0.182. The van der Waals surface area contributed by atoms with Crippen LogP contribution in [0.25, 0.3) is 11.2 Å². The zero-order valence-electron chi connectivity index (χ0n) is 23.0. The van der Waals surface area contributed by atoms with Crippen molar-refractivity contribution in [1.29, 1.82) is 0 Å². The molecule has 1 saturated heterocycles. The standard InChI is InChI=1S/C24H31F3N7O7P/c1-12(2)39-22(36)13(3)33-42(37,41-14-8-6-5-7-9-14)38-10-15-18(35)16(24(25,26)27)21(40-15)34-11-30-17-19(29-4)31-23(28)32-20(17)34/h5-9,11-13,15-16,18,21,35H,10H2,1-4H3,(H,33,37)(H3,28,29,31,32)/t13-,15-,16+,18-,21-,42?/m1/s1. The number of nitrogen functional groups attached to an aromatic ring is 1. The molecule has 0 bridgehead atoms. The molecule has 0 radical (unpaired) electrons. The van der Waals surface area contributed by atoms with Crippen LogP contribution in [0.1, 0.15) is 27.0 Å². The van der Waals surface area contributed by atoms with Gasteiger partial charge < -0.3 is 30.2 Å². The first-order chi connectivity index (χ1) is 19.7. The highest BCUT2D eigenvalue weighted by Crippen LogP contribution is 2.49. The van der Waals surface area contributed by atoms with E-state index < -0.39 is 63.0 Å². The van der Waals surface area contributed by atoms with E-state index in [-0.39, 0.29) is 28.7 Å². The number of hydrogen-bond acceptors (Lipinski definition) is 12. The third-order valence-electron chi connectivity index (χ3n) is 6.13. The number of nitrogens with one attached hydrogen (secondary N) is 2. The molecule has 230 valence electrons. The first-order valence-corrected chi connectivity index (χ1v) is 14.3. The van der Waals surface area contributed by atoms with Crippen molar-refractivity contribution in [3.63, 3.8) is 0 Å². The Morgan fingerprint density at radius 2 is 1.93 bits per heavy atom. The minimum absolute atomic E-state index is 0.0721. The highest BCUT2D eigenvalue weighted by atomic mass is 31.2. The molecule has 1 unspecified atom stereocenters. The number of alkyl halides is 3. The average Bonchev–Trinajstić information content (AvgIpc) is 3.47. The Kier molecular flexibility index (Phi) is 9.27. The number of aromatic nitrogens is 4. The lowest BCUT2D eigenvalue weighted by Crippen LogP contribution is -2.40. The van der Waals surface area contributed by atoms with Gasteiger partial charge in [-0.3, -0.25) is 13.9 Å². The number of hydrogen-bond donors (Lipinski definition) is 4. The summed E-state index contributed by atoms with van der Waals surface area (Å²) in [6, 6.07) is 6.57. The summed E-state index contributed by atoms with van der Waals surface area (Å²) in [5.41, 5.74) is 5.78. The van der Waals surface area contributed by atoms with Crippen LogP contribution < -0.4 is 20.7 Å². The number of carbonyl (C=O) groups is 1. The maximum Gasteiger partial charge on any atom is 0.459 e. The van der Waals surface area contributed by atoms with Crippen molar-refractivity contribution >= 4 is 36.6 Å². The van der Waals surface area contributed by atoms with Gasteiger partial charge in [0.25, 0.3) is 0 Å². The van der Waals surface area contributed by atoms with Crippen LogP contribution in [0.15, 0.2) is 36.7 Å². The average molecular weight is 618 g/mol. The normalized spacial score (nSPS) is 23.1. The number of ether oxygens (including phenoxy) is 2. The summed E-state index contributed by atoms with van der Waals surface area (Å²) in [7, 11) is -2.94. The molecule has 2 aromatic heterocycles. The number of nitrogens with two attached hydrogens (primary N) is 1. The van der Waals surface area contributed by atoms with E-state index in [1.165, 1.54) is 26.1 Å². The molecular weight excluding hydrogens is 586 g/mol. The third-order valence-corrected chi connectivity index (χ3v) is 7.78. The van der Waals surface area contributed by atoms with E-state index in [0.29, 0.717) is 0 Å². The van der Waals surface area contributed by atoms with E-state index in [1.807, 2.05) is 0 Å². The summed E-state index contributed by atoms with van der Waals surface area (Å²) in [5, 5.41) is 16.0. The maximum atomic E-state index is 14.3. The number of para-hydroxylation sites is 1. The number of rotatable bonds is 11. The summed E-state index contributed by atoms with van der Waals surface area (Å²) in [4.78, 5) is 24.4. The molecule has 1 fully saturated rings. The molecular formula is C24H31F3N7O7P. The first kappa shape index (κ1) is 31.4. The monoisotopic (exact) mass is 617 g/mol. The van der Waals surface area contributed by atoms with E-state index >= 15 is 0 Å². The fourth-order valence-corrected chi connectivity index (χ4v) is 5.78. The lowest BCUT2D eigenvalue weighted by molar-refractivity contribution is -0.210. The van der Waals surface area contributed by atoms with E-state index in [2.05, 4.69) is 25.4 Å². The Morgan fingerprint density at radius 3 is 2.55 bits per heavy atom. The summed E-state index contributed by atoms with van der Waals surface area (Å²) in [6.07, 6.45) is -10.0. The van der Waals surface area contributed by atoms with Gasteiger partial charge in [-0.15, -0.1) is 0 Å². The zero-order chi connectivity index (χ0) is 30.8. The van der Waals surface area contributed by atoms with Crippen molar-refractivity contribution in [2.75, 3.05) is 24.7 Å². The van der Waals surface area contributed by atoms with E-state index in [0.717, 1.165) is 10.9 Å². The van der Waals surface area contributed by atoms with Crippen molar-refractivity contribution in [3.8, 4) is 5.75 Å². The Balaban J connectivity index is 1.61. The number of imidazole rings is 1. The molecule has 0 amide bonds. The molecule has 14 nitrogen and oxygen atoms in total. The van der Waals surface area contributed by atoms with E-state index in [1.54, 1.807) is 32.0 Å². The lowest BCUT2D eigenvalue weighted by atomic mass is 9.99. The molecule has 4 rings (SSSR count). The van der Waals surface area contributed by atoms with Gasteiger partial charge in [-0.1, -0.05) is 18.2 Å². The lowest BCUT2D eigenvalue weighted by Gasteiger charge is -2.25. The predicted octanol–water partition coefficient (Wildman–Crippen LogP) is 3.02. The minimum atomic E-state index is -4.95. The maximum absolute atomic E-state index is 14.3. The van der Waals surface area contributed by atoms with Crippen LogP contribution in [-0.4, -0.2) is 74.8 Å². The second-order valence-electron chi connectivity index (χ2n) is 9.66. The first-order valence-electron chi connectivity index (χ1n) is 12.8. The molecule has 5 N–H and O–H groups in total. The van der Waals surface area contributed by atoms with Crippen molar-refractivity contribution < 1.29 is 46.2 Å². The van der Waals surface area contributed by atoms with Gasteiger partial charge in [0, 0.05) is 7.05 Å². The van der Waals surface area contributed by atoms with Gasteiger partial charge in [-0.2, -0.15) is 28.2 Å². The second kappa shape index (κ2) is 12.4. The highest BCUT2D eigenvalue weighted by molar-refractivity contribution is 7.52. The zero-order valence-corrected chi connectivity index (χ0v) is 23.9. The number of anilines is 2. The van der Waals surface area contributed by atoms with Crippen LogP contribution in [0.4, 0.5) is 24.9 Å². The van der Waals surface area contributed by atoms with Crippen molar-refractivity contribution in [1.82, 2.24) is 24.6 Å². The second-order valence-corrected chi connectivity index (χ2v) is 11.4. The van der Waals surface area contributed by atoms with Gasteiger partial charge >= 0.3 is 19.9 Å². The number of fused-ring (bicyclic) bond motifs is 1. The molecule has 6 atom stereocenters. The van der Waals surface area contributed by atoms with Gasteiger partial charge in [0.2, 0.25) is 5.95 Å². The van der Waals surface area contributed by atoms with Crippen LogP contribution in [0.3, 0.4) is 0 Å². The number of aliphatic hydroxyl groups is 1. The molecule has 0 spiro atoms. The van der Waals surface area contributed by atoms with Gasteiger partial charge in [-0.05, 0) is 32.9 Å². The Hall–Kier alpha value is -3.50. The Labute approximate surface area is 238 Å². The molecule has 1 aromatic carbocycles.